The number of halogens is 1. The number of nitrogens with zero attached hydrogens (tertiary/aromatic N) is 3. The van der Waals surface area contributed by atoms with E-state index in [-0.39, 0.29) is 30.3 Å². The Morgan fingerprint density at radius 2 is 1.94 bits per heavy atom. The Morgan fingerprint density at radius 3 is 2.48 bits per heavy atom. The van der Waals surface area contributed by atoms with E-state index in [1.54, 1.807) is 0 Å². The lowest BCUT2D eigenvalue weighted by atomic mass is 9.75. The number of nitrogens with two attached hydrogens (primary N) is 2. The fraction of sp³-hybridized carbons (Fsp3) is 0.455. The Hall–Kier alpha value is -3.25. The fourth-order valence-corrected chi connectivity index (χ4v) is 4.44. The van der Waals surface area contributed by atoms with Crippen LogP contribution in [0, 0.1) is 11.3 Å². The molecule has 1 aliphatic carbocycles. The molecule has 0 radical (unpaired) electrons. The molecule has 1 saturated carbocycles. The fourth-order valence-electron chi connectivity index (χ4n) is 4.44. The number of rotatable bonds is 8. The van der Waals surface area contributed by atoms with Crippen molar-refractivity contribution in [1.82, 2.24) is 10.2 Å². The van der Waals surface area contributed by atoms with Crippen molar-refractivity contribution in [2.24, 2.45) is 16.5 Å². The third kappa shape index (κ3) is 4.91. The van der Waals surface area contributed by atoms with E-state index in [0.717, 1.165) is 12.8 Å². The molecule has 1 aliphatic heterocycles. The lowest BCUT2D eigenvalue weighted by Crippen LogP contribution is -2.62. The van der Waals surface area contributed by atoms with Gasteiger partial charge in [-0.3, -0.25) is 14.5 Å². The van der Waals surface area contributed by atoms with Gasteiger partial charge in [-0.2, -0.15) is 10.3 Å². The second-order valence-electron chi connectivity index (χ2n) is 8.27. The summed E-state index contributed by atoms with van der Waals surface area (Å²) in [5.41, 5.74) is 9.69. The van der Waals surface area contributed by atoms with Crippen LogP contribution >= 0.6 is 0 Å². The van der Waals surface area contributed by atoms with Crippen LogP contribution in [-0.4, -0.2) is 47.7 Å². The number of hydrogen-bond acceptors (Lipinski definition) is 5. The van der Waals surface area contributed by atoms with Crippen molar-refractivity contribution in [3.63, 3.8) is 0 Å². The summed E-state index contributed by atoms with van der Waals surface area (Å²) in [5, 5.41) is 12.5. The number of benzene rings is 1. The molecule has 9 heteroatoms. The lowest BCUT2D eigenvalue weighted by molar-refractivity contribution is -0.114. The summed E-state index contributed by atoms with van der Waals surface area (Å²) >= 11 is 0. The SMILES string of the molecule is N#CCC1(N/C=C(/C(N)=O)C(N)=NC=O)CCC(N2CC(F)(c3ccccc3)C2)CC1. The quantitative estimate of drug-likeness (QED) is 0.247. The number of alkyl halides is 1. The van der Waals surface area contributed by atoms with Gasteiger partial charge in [-0.25, -0.2) is 4.39 Å². The Balaban J connectivity index is 1.63. The maximum Gasteiger partial charge on any atom is 0.253 e. The van der Waals surface area contributed by atoms with E-state index in [1.807, 2.05) is 30.3 Å². The average Bonchev–Trinajstić information content (AvgIpc) is 2.73. The zero-order valence-corrected chi connectivity index (χ0v) is 17.3. The number of primary amides is 1. The van der Waals surface area contributed by atoms with Crippen LogP contribution in [0.25, 0.3) is 0 Å². The van der Waals surface area contributed by atoms with E-state index >= 15 is 4.39 Å². The van der Waals surface area contributed by atoms with Gasteiger partial charge in [-0.15, -0.1) is 0 Å². The van der Waals surface area contributed by atoms with Gasteiger partial charge >= 0.3 is 0 Å². The molecule has 1 aromatic rings. The number of likely N-dealkylation sites (tertiary alicyclic amines) is 1. The predicted octanol–water partition coefficient (Wildman–Crippen LogP) is 1.23. The van der Waals surface area contributed by atoms with Crippen LogP contribution < -0.4 is 16.8 Å². The average molecular weight is 426 g/mol. The number of nitriles is 1. The largest absolute Gasteiger partial charge is 0.384 e. The molecular formula is C22H27FN6O2. The molecule has 0 spiro atoms. The van der Waals surface area contributed by atoms with E-state index in [4.69, 9.17) is 11.5 Å². The molecule has 5 N–H and O–H groups in total. The van der Waals surface area contributed by atoms with Crippen molar-refractivity contribution >= 4 is 18.2 Å². The van der Waals surface area contributed by atoms with Crippen LogP contribution in [-0.2, 0) is 15.3 Å². The minimum Gasteiger partial charge on any atom is -0.384 e. The van der Waals surface area contributed by atoms with Crippen molar-refractivity contribution in [2.75, 3.05) is 13.1 Å². The van der Waals surface area contributed by atoms with Gasteiger partial charge in [0.15, 0.2) is 5.67 Å². The summed E-state index contributed by atoms with van der Waals surface area (Å²) in [7, 11) is 0. The molecule has 2 amide bonds. The van der Waals surface area contributed by atoms with Crippen molar-refractivity contribution < 1.29 is 14.0 Å². The maximum atomic E-state index is 15.1. The summed E-state index contributed by atoms with van der Waals surface area (Å²) in [5.74, 6) is -1.10. The summed E-state index contributed by atoms with van der Waals surface area (Å²) in [4.78, 5) is 27.7. The van der Waals surface area contributed by atoms with E-state index < -0.39 is 17.1 Å². The number of amidine groups is 1. The van der Waals surface area contributed by atoms with Crippen molar-refractivity contribution in [2.45, 2.75) is 49.4 Å². The predicted molar refractivity (Wildman–Crippen MR) is 114 cm³/mol. The summed E-state index contributed by atoms with van der Waals surface area (Å²) in [6.07, 6.45) is 4.71. The lowest BCUT2D eigenvalue weighted by Gasteiger charge is -2.51. The molecule has 8 nitrogen and oxygen atoms in total. The molecular weight excluding hydrogens is 399 g/mol. The molecule has 0 atom stereocenters. The van der Waals surface area contributed by atoms with E-state index in [1.165, 1.54) is 6.20 Å². The van der Waals surface area contributed by atoms with Gasteiger partial charge in [0.05, 0.1) is 18.1 Å². The van der Waals surface area contributed by atoms with Gasteiger partial charge in [0.25, 0.3) is 5.91 Å². The van der Waals surface area contributed by atoms with E-state index in [2.05, 4.69) is 21.3 Å². The highest BCUT2D eigenvalue weighted by atomic mass is 19.1. The van der Waals surface area contributed by atoms with E-state index in [9.17, 15) is 14.9 Å². The molecule has 31 heavy (non-hydrogen) atoms. The normalized spacial score (nSPS) is 26.4. The maximum absolute atomic E-state index is 15.1. The van der Waals surface area contributed by atoms with Gasteiger partial charge < -0.3 is 16.8 Å². The van der Waals surface area contributed by atoms with Crippen molar-refractivity contribution in [3.8, 4) is 6.07 Å². The van der Waals surface area contributed by atoms with Crippen LogP contribution in [0.1, 0.15) is 37.7 Å². The first-order chi connectivity index (χ1) is 14.8. The van der Waals surface area contributed by atoms with Gasteiger partial charge in [0.1, 0.15) is 5.84 Å². The molecule has 164 valence electrons. The number of carbonyl (C=O) groups is 2. The smallest absolute Gasteiger partial charge is 0.253 e. The first-order valence-electron chi connectivity index (χ1n) is 10.2. The second kappa shape index (κ2) is 9.27. The molecule has 0 bridgehead atoms. The second-order valence-corrected chi connectivity index (χ2v) is 8.27. The van der Waals surface area contributed by atoms with Gasteiger partial charge in [0, 0.05) is 30.9 Å². The zero-order chi connectivity index (χ0) is 22.5. The van der Waals surface area contributed by atoms with Crippen LogP contribution in [0.4, 0.5) is 4.39 Å². The molecule has 3 rings (SSSR count). The Bertz CT molecular complexity index is 910. The minimum absolute atomic E-state index is 0.112. The van der Waals surface area contributed by atoms with Crippen LogP contribution in [0.2, 0.25) is 0 Å². The highest BCUT2D eigenvalue weighted by Gasteiger charge is 2.48. The van der Waals surface area contributed by atoms with Crippen LogP contribution in [0.15, 0.2) is 47.1 Å². The first kappa shape index (κ1) is 22.4. The summed E-state index contributed by atoms with van der Waals surface area (Å²) in [6, 6.07) is 11.7. The summed E-state index contributed by atoms with van der Waals surface area (Å²) in [6.45, 7) is 0.732. The van der Waals surface area contributed by atoms with Gasteiger partial charge in [0.2, 0.25) is 6.41 Å². The topological polar surface area (TPSA) is 138 Å². The molecule has 0 unspecified atom stereocenters. The number of aliphatic imine (C=N–C) groups is 1. The third-order valence-electron chi connectivity index (χ3n) is 6.30. The highest BCUT2D eigenvalue weighted by Crippen LogP contribution is 2.41. The molecule has 0 aromatic heterocycles. The summed E-state index contributed by atoms with van der Waals surface area (Å²) < 4.78 is 15.1. The van der Waals surface area contributed by atoms with E-state index in [0.29, 0.717) is 31.5 Å². The Labute approximate surface area is 180 Å². The number of amides is 2. The highest BCUT2D eigenvalue weighted by molar-refractivity contribution is 6.20. The Kier molecular flexibility index (Phi) is 6.71. The third-order valence-corrected chi connectivity index (χ3v) is 6.30. The zero-order valence-electron chi connectivity index (χ0n) is 17.3. The standard InChI is InChI=1S/C22H27FN6O2/c23-22(16-4-2-1-3-5-16)13-29(14-22)17-6-8-21(9-7-17,10-11-24)28-12-18(20(26)31)19(25)27-15-30/h1-5,12,15,17,28H,6-10,13-14H2,(H2,26,31)(H2,25,27,30)/b18-12+. The number of hydrogen-bond donors (Lipinski definition) is 3. The molecule has 2 fully saturated rings. The monoisotopic (exact) mass is 426 g/mol. The van der Waals surface area contributed by atoms with Crippen LogP contribution in [0.3, 0.4) is 0 Å². The van der Waals surface area contributed by atoms with Crippen LogP contribution in [0.5, 0.6) is 0 Å². The molecule has 1 saturated heterocycles. The van der Waals surface area contributed by atoms with Gasteiger partial charge in [-0.05, 0) is 31.2 Å². The molecule has 1 aromatic carbocycles. The van der Waals surface area contributed by atoms with Crippen molar-refractivity contribution in [3.05, 3.63) is 47.7 Å². The minimum atomic E-state index is -1.31. The molecule has 2 aliphatic rings. The van der Waals surface area contributed by atoms with Crippen molar-refractivity contribution in [1.29, 1.82) is 5.26 Å². The molecule has 1 heterocycles. The first-order valence-corrected chi connectivity index (χ1v) is 10.2. The Morgan fingerprint density at radius 1 is 1.29 bits per heavy atom. The number of carbonyl (C=O) groups excluding carboxylic acids is 2. The number of nitrogens with one attached hydrogen (secondary N) is 1. The van der Waals surface area contributed by atoms with Gasteiger partial charge in [-0.1, -0.05) is 30.3 Å².